The summed E-state index contributed by atoms with van der Waals surface area (Å²) in [5, 5.41) is 20.7. The number of benzene rings is 3. The lowest BCUT2D eigenvalue weighted by Gasteiger charge is -2.22. The van der Waals surface area contributed by atoms with E-state index in [1.165, 1.54) is 28.0 Å². The van der Waals surface area contributed by atoms with Crippen LogP contribution in [0.15, 0.2) is 82.7 Å². The third-order valence-corrected chi connectivity index (χ3v) is 8.53. The van der Waals surface area contributed by atoms with E-state index in [-0.39, 0.29) is 16.5 Å². The molecule has 1 fully saturated rings. The largest absolute Gasteiger partial charge is 0.507 e. The van der Waals surface area contributed by atoms with Crippen molar-refractivity contribution in [1.82, 2.24) is 10.2 Å². The molecule has 1 unspecified atom stereocenters. The van der Waals surface area contributed by atoms with Crippen LogP contribution in [0.3, 0.4) is 0 Å². The summed E-state index contributed by atoms with van der Waals surface area (Å²) in [6, 6.07) is 20.9. The quantitative estimate of drug-likeness (QED) is 0.0807. The highest BCUT2D eigenvalue weighted by molar-refractivity contribution is 8.00. The lowest BCUT2D eigenvalue weighted by molar-refractivity contribution is -0.132. The highest BCUT2D eigenvalue weighted by atomic mass is 35.5. The maximum atomic E-state index is 13.4. The first-order valence-electron chi connectivity index (χ1n) is 12.2. The predicted molar refractivity (Wildman–Crippen MR) is 154 cm³/mol. The summed E-state index contributed by atoms with van der Waals surface area (Å²) in [4.78, 5) is 28.1. The molecule has 0 saturated carbocycles. The van der Waals surface area contributed by atoms with Crippen molar-refractivity contribution < 1.29 is 19.4 Å². The van der Waals surface area contributed by atoms with Crippen molar-refractivity contribution in [3.05, 3.63) is 106 Å². The van der Waals surface area contributed by atoms with Gasteiger partial charge in [0.05, 0.1) is 18.2 Å². The van der Waals surface area contributed by atoms with E-state index in [9.17, 15) is 14.7 Å². The van der Waals surface area contributed by atoms with Gasteiger partial charge >= 0.3 is 5.91 Å². The molecule has 0 radical (unpaired) electrons. The van der Waals surface area contributed by atoms with Crippen molar-refractivity contribution >= 4 is 57.3 Å². The summed E-state index contributed by atoms with van der Waals surface area (Å²) in [7, 11) is 0. The van der Waals surface area contributed by atoms with E-state index < -0.39 is 17.7 Å². The topological polar surface area (TPSA) is 92.6 Å². The molecule has 1 aliphatic heterocycles. The first-order chi connectivity index (χ1) is 18.9. The van der Waals surface area contributed by atoms with Gasteiger partial charge in [-0.1, -0.05) is 88.8 Å². The van der Waals surface area contributed by atoms with Gasteiger partial charge in [0.25, 0.3) is 5.78 Å². The third-order valence-electron chi connectivity index (χ3n) is 6.15. The lowest BCUT2D eigenvalue weighted by atomic mass is 9.95. The van der Waals surface area contributed by atoms with Crippen LogP contribution in [0.25, 0.3) is 5.76 Å². The van der Waals surface area contributed by atoms with Crippen LogP contribution in [0.4, 0.5) is 5.13 Å². The minimum atomic E-state index is -0.885. The van der Waals surface area contributed by atoms with Crippen LogP contribution in [0.5, 0.6) is 5.75 Å². The summed E-state index contributed by atoms with van der Waals surface area (Å²) in [6.45, 7) is 4.33. The molecule has 1 aliphatic rings. The van der Waals surface area contributed by atoms with Gasteiger partial charge < -0.3 is 9.84 Å². The van der Waals surface area contributed by atoms with Crippen molar-refractivity contribution in [1.29, 1.82) is 0 Å². The number of anilines is 1. The molecular weight excluding hydrogens is 554 g/mol. The number of aliphatic hydroxyl groups excluding tert-OH is 1. The summed E-state index contributed by atoms with van der Waals surface area (Å²) in [6.07, 6.45) is 0. The maximum absolute atomic E-state index is 13.4. The number of aromatic nitrogens is 2. The molecule has 1 saturated heterocycles. The normalized spacial score (nSPS) is 16.6. The molecule has 1 aromatic heterocycles. The molecule has 5 rings (SSSR count). The molecule has 0 aliphatic carbocycles. The zero-order valence-electron chi connectivity index (χ0n) is 21.1. The Morgan fingerprint density at radius 3 is 2.38 bits per heavy atom. The maximum Gasteiger partial charge on any atom is 0.301 e. The molecule has 39 heavy (non-hydrogen) atoms. The lowest BCUT2D eigenvalue weighted by Crippen LogP contribution is -2.29. The number of amides is 1. The number of carbonyl (C=O) groups is 2. The third kappa shape index (κ3) is 5.71. The highest BCUT2D eigenvalue weighted by Gasteiger charge is 2.48. The van der Waals surface area contributed by atoms with Gasteiger partial charge in [-0.25, -0.2) is 0 Å². The van der Waals surface area contributed by atoms with Gasteiger partial charge in [-0.2, -0.15) is 0 Å². The number of ketones is 1. The Balaban J connectivity index is 1.52. The van der Waals surface area contributed by atoms with Gasteiger partial charge in [0.1, 0.15) is 11.5 Å². The first kappa shape index (κ1) is 26.9. The number of Topliss-reactive ketones (excluding diaryl/α,β-unsaturated/α-hetero) is 1. The summed E-state index contributed by atoms with van der Waals surface area (Å²) < 4.78 is 6.21. The Hall–Kier alpha value is -3.66. The zero-order valence-corrected chi connectivity index (χ0v) is 23.5. The van der Waals surface area contributed by atoms with Crippen molar-refractivity contribution in [3.63, 3.8) is 0 Å². The van der Waals surface area contributed by atoms with Crippen molar-refractivity contribution in [2.24, 2.45) is 0 Å². The minimum absolute atomic E-state index is 0.00131. The van der Waals surface area contributed by atoms with E-state index in [2.05, 4.69) is 10.2 Å². The Kier molecular flexibility index (Phi) is 8.02. The first-order valence-corrected chi connectivity index (χ1v) is 14.3. The van der Waals surface area contributed by atoms with E-state index in [0.717, 1.165) is 11.1 Å². The molecular formula is C29H24ClN3O4S2. The highest BCUT2D eigenvalue weighted by Crippen LogP contribution is 2.44. The molecule has 1 N–H and O–H groups in total. The number of ether oxygens (including phenoxy) is 1. The SMILES string of the molecule is CCOc1ccc(C2/C(=C(/O)c3ccc(C)cc3)C(=O)C(=O)N2c2nnc(SCc3ccc(Cl)cc3)s2)cc1. The fourth-order valence-electron chi connectivity index (χ4n) is 4.21. The molecule has 10 heteroatoms. The van der Waals surface area contributed by atoms with Gasteiger partial charge in [-0.3, -0.25) is 14.5 Å². The van der Waals surface area contributed by atoms with E-state index >= 15 is 0 Å². The summed E-state index contributed by atoms with van der Waals surface area (Å²) >= 11 is 8.67. The van der Waals surface area contributed by atoms with E-state index in [0.29, 0.717) is 38.6 Å². The molecule has 198 valence electrons. The summed E-state index contributed by atoms with van der Waals surface area (Å²) in [5.74, 6) is -0.490. The number of carbonyl (C=O) groups excluding carboxylic acids is 2. The second kappa shape index (κ2) is 11.6. The Morgan fingerprint density at radius 1 is 1.03 bits per heavy atom. The number of aliphatic hydroxyl groups is 1. The average molecular weight is 578 g/mol. The molecule has 3 aromatic carbocycles. The van der Waals surface area contributed by atoms with E-state index in [4.69, 9.17) is 16.3 Å². The molecule has 2 heterocycles. The van der Waals surface area contributed by atoms with Gasteiger partial charge in [-0.15, -0.1) is 10.2 Å². The number of halogens is 1. The number of aryl methyl sites for hydroxylation is 1. The zero-order chi connectivity index (χ0) is 27.5. The molecule has 0 bridgehead atoms. The monoisotopic (exact) mass is 577 g/mol. The number of hydrogen-bond donors (Lipinski definition) is 1. The van der Waals surface area contributed by atoms with Crippen LogP contribution < -0.4 is 9.64 Å². The second-order valence-electron chi connectivity index (χ2n) is 8.80. The number of nitrogens with zero attached hydrogens (tertiary/aromatic N) is 3. The molecule has 1 amide bonds. The van der Waals surface area contributed by atoms with Crippen molar-refractivity contribution in [2.45, 2.75) is 30.0 Å². The van der Waals surface area contributed by atoms with Gasteiger partial charge in [0, 0.05) is 16.3 Å². The van der Waals surface area contributed by atoms with Crippen LogP contribution in [-0.2, 0) is 15.3 Å². The van der Waals surface area contributed by atoms with Crippen LogP contribution in [0, 0.1) is 6.92 Å². The van der Waals surface area contributed by atoms with E-state index in [1.54, 1.807) is 36.4 Å². The van der Waals surface area contributed by atoms with Crippen LogP contribution >= 0.6 is 34.7 Å². The van der Waals surface area contributed by atoms with Crippen LogP contribution in [-0.4, -0.2) is 33.6 Å². The van der Waals surface area contributed by atoms with Gasteiger partial charge in [0.15, 0.2) is 4.34 Å². The fourth-order valence-corrected chi connectivity index (χ4v) is 6.16. The predicted octanol–water partition coefficient (Wildman–Crippen LogP) is 6.82. The number of hydrogen-bond acceptors (Lipinski definition) is 8. The molecule has 0 spiro atoms. The second-order valence-corrected chi connectivity index (χ2v) is 11.4. The van der Waals surface area contributed by atoms with Crippen molar-refractivity contribution in [3.8, 4) is 5.75 Å². The number of thioether (sulfide) groups is 1. The Bertz CT molecular complexity index is 1530. The molecule has 7 nitrogen and oxygen atoms in total. The summed E-state index contributed by atoms with van der Waals surface area (Å²) in [5.41, 5.74) is 3.16. The van der Waals surface area contributed by atoms with Gasteiger partial charge in [0.2, 0.25) is 5.13 Å². The number of rotatable bonds is 8. The Morgan fingerprint density at radius 2 is 1.72 bits per heavy atom. The van der Waals surface area contributed by atoms with E-state index in [1.807, 2.05) is 50.2 Å². The molecule has 1 atom stereocenters. The van der Waals surface area contributed by atoms with Crippen LogP contribution in [0.1, 0.15) is 35.2 Å². The fraction of sp³-hybridized carbons (Fsp3) is 0.172. The molecule has 4 aromatic rings. The average Bonchev–Trinajstić information content (AvgIpc) is 3.51. The van der Waals surface area contributed by atoms with Gasteiger partial charge in [-0.05, 0) is 49.2 Å². The van der Waals surface area contributed by atoms with Crippen molar-refractivity contribution in [2.75, 3.05) is 11.5 Å². The Labute approximate surface area is 239 Å². The standard InChI is InChI=1S/C29H24ClN3O4S2/c1-3-37-22-14-10-19(11-15-22)24-23(25(34)20-8-4-17(2)5-9-20)26(35)27(36)33(24)28-31-32-29(39-28)38-16-18-6-12-21(30)13-7-18/h4-15,24,34H,3,16H2,1-2H3/b25-23-. The van der Waals surface area contributed by atoms with Crippen LogP contribution in [0.2, 0.25) is 5.02 Å². The smallest absolute Gasteiger partial charge is 0.301 e. The minimum Gasteiger partial charge on any atom is -0.507 e.